The van der Waals surface area contributed by atoms with E-state index >= 15 is 0 Å². The molecule has 3 atom stereocenters. The Labute approximate surface area is 246 Å². The third-order valence-electron chi connectivity index (χ3n) is 9.30. The fraction of sp³-hybridized carbons (Fsp3) is 0.677. The third-order valence-corrected chi connectivity index (χ3v) is 9.30. The van der Waals surface area contributed by atoms with Crippen LogP contribution in [0.3, 0.4) is 0 Å². The predicted molar refractivity (Wildman–Crippen MR) is 156 cm³/mol. The van der Waals surface area contributed by atoms with Crippen molar-refractivity contribution in [3.8, 4) is 0 Å². The zero-order valence-corrected chi connectivity index (χ0v) is 25.1. The Bertz CT molecular complexity index is 1290. The smallest absolute Gasteiger partial charge is 0.399 e. The molecule has 2 amide bonds. The van der Waals surface area contributed by atoms with Crippen molar-refractivity contribution in [2.75, 3.05) is 39.5 Å². The van der Waals surface area contributed by atoms with Crippen LogP contribution in [0.5, 0.6) is 0 Å². The molecule has 1 aromatic heterocycles. The number of aliphatic hydroxyl groups excluding tert-OH is 1. The first-order valence-electron chi connectivity index (χ1n) is 15.5. The lowest BCUT2D eigenvalue weighted by atomic mass is 9.88. The van der Waals surface area contributed by atoms with Crippen LogP contribution in [-0.4, -0.2) is 89.1 Å². The van der Waals surface area contributed by atoms with Gasteiger partial charge in [-0.3, -0.25) is 19.2 Å². The summed E-state index contributed by atoms with van der Waals surface area (Å²) in [5, 5.41) is 18.4. The van der Waals surface area contributed by atoms with Gasteiger partial charge in [0.1, 0.15) is 17.8 Å². The van der Waals surface area contributed by atoms with Crippen LogP contribution in [0.2, 0.25) is 0 Å². The predicted octanol–water partition coefficient (Wildman–Crippen LogP) is 4.57. The van der Waals surface area contributed by atoms with Gasteiger partial charge in [0.05, 0.1) is 37.3 Å². The number of aromatic nitrogens is 1. The fourth-order valence-electron chi connectivity index (χ4n) is 6.71. The van der Waals surface area contributed by atoms with E-state index in [4.69, 9.17) is 14.3 Å². The number of fused-ring (bicyclic) bond motifs is 2. The molecule has 4 heterocycles. The quantitative estimate of drug-likeness (QED) is 0.311. The Morgan fingerprint density at radius 1 is 1.29 bits per heavy atom. The van der Waals surface area contributed by atoms with Crippen LogP contribution in [-0.2, 0) is 9.53 Å². The summed E-state index contributed by atoms with van der Waals surface area (Å²) in [6, 6.07) is 4.29. The molecular weight excluding hydrogens is 541 g/mol. The van der Waals surface area contributed by atoms with Crippen LogP contribution in [0, 0.1) is 17.7 Å². The van der Waals surface area contributed by atoms with Gasteiger partial charge >= 0.3 is 6.09 Å². The van der Waals surface area contributed by atoms with Gasteiger partial charge in [-0.1, -0.05) is 19.0 Å². The number of nitrogens with one attached hydrogen (secondary N) is 1. The molecule has 1 aromatic carbocycles. The summed E-state index contributed by atoms with van der Waals surface area (Å²) < 4.78 is 25.5. The molecule has 2 saturated heterocycles. The molecule has 0 radical (unpaired) electrons. The van der Waals surface area contributed by atoms with Crippen LogP contribution in [0.1, 0.15) is 77.3 Å². The van der Waals surface area contributed by atoms with Gasteiger partial charge in [-0.15, -0.1) is 0 Å². The van der Waals surface area contributed by atoms with Crippen LogP contribution in [0.25, 0.3) is 11.0 Å². The number of hydrogen-bond donors (Lipinski definition) is 2. The molecule has 42 heavy (non-hydrogen) atoms. The van der Waals surface area contributed by atoms with Gasteiger partial charge in [-0.25, -0.2) is 9.18 Å². The molecule has 5 rings (SSSR count). The zero-order valence-electron chi connectivity index (χ0n) is 25.1. The highest BCUT2D eigenvalue weighted by molar-refractivity contribution is 6.03. The van der Waals surface area contributed by atoms with Crippen molar-refractivity contribution in [3.05, 3.63) is 29.7 Å². The number of halogens is 1. The maximum atomic E-state index is 13.7. The van der Waals surface area contributed by atoms with E-state index in [0.29, 0.717) is 54.3 Å². The van der Waals surface area contributed by atoms with Crippen LogP contribution in [0.4, 0.5) is 9.18 Å². The van der Waals surface area contributed by atoms with Gasteiger partial charge in [0.2, 0.25) is 12.6 Å². The Kier molecular flexibility index (Phi) is 9.47. The van der Waals surface area contributed by atoms with Gasteiger partial charge in [-0.2, -0.15) is 0 Å². The number of nitrogens with zero attached hydrogens (tertiary/aromatic N) is 4. The second-order valence-corrected chi connectivity index (χ2v) is 12.8. The van der Waals surface area contributed by atoms with E-state index in [1.54, 1.807) is 11.0 Å². The van der Waals surface area contributed by atoms with Crippen molar-refractivity contribution in [1.82, 2.24) is 15.4 Å². The lowest BCUT2D eigenvalue weighted by molar-refractivity contribution is -0.948. The molecule has 0 aliphatic carbocycles. The van der Waals surface area contributed by atoms with Crippen molar-refractivity contribution in [2.24, 2.45) is 16.8 Å². The number of piperidine rings is 2. The number of ether oxygens (including phenoxy) is 1. The second-order valence-electron chi connectivity index (χ2n) is 12.8. The summed E-state index contributed by atoms with van der Waals surface area (Å²) in [6.45, 7) is 9.82. The van der Waals surface area contributed by atoms with E-state index in [2.05, 4.69) is 24.3 Å². The molecule has 2 fully saturated rings. The number of carbonyl (C=O) groups is 2. The average molecular weight is 587 g/mol. The number of alkyl carbamates (subject to hydrolysis) is 1. The van der Waals surface area contributed by atoms with Gasteiger partial charge in [-0.05, 0) is 50.7 Å². The highest BCUT2D eigenvalue weighted by atomic mass is 19.1. The van der Waals surface area contributed by atoms with E-state index in [-0.39, 0.29) is 36.3 Å². The summed E-state index contributed by atoms with van der Waals surface area (Å²) in [5.41, 5.74) is 1.29. The lowest BCUT2D eigenvalue weighted by Crippen LogP contribution is -2.58. The number of rotatable bonds is 10. The van der Waals surface area contributed by atoms with E-state index in [0.717, 1.165) is 56.3 Å². The summed E-state index contributed by atoms with van der Waals surface area (Å²) in [4.78, 5) is 32.5. The Morgan fingerprint density at radius 2 is 2.07 bits per heavy atom. The minimum Gasteiger partial charge on any atom is -0.399 e. The molecule has 230 valence electrons. The van der Waals surface area contributed by atoms with E-state index in [9.17, 15) is 19.1 Å². The fourth-order valence-corrected chi connectivity index (χ4v) is 6.71. The Hall–Kier alpha value is -3.05. The molecule has 3 aliphatic heterocycles. The first-order chi connectivity index (χ1) is 20.2. The second kappa shape index (κ2) is 13.1. The van der Waals surface area contributed by atoms with E-state index in [1.165, 1.54) is 12.1 Å². The standard InChI is InChI=1S/C31H44FN5O5/c1-20(2)6-4-13-33-31(40)41-19-37(17-12-24-21(3)34-29-26(38)7-5-14-36(29)30(24)39)15-10-22(11-16-37)28-25-9-8-23(32)18-27(25)42-35-28/h8-9,18,20-22,24,26,38H,4-7,10-17,19H2,1-3H3/p+1/t21?,22?,24-,26?,37?/m0/s1. The number of carbonyl (C=O) groups excluding carboxylic acids is 2. The van der Waals surface area contributed by atoms with Crippen molar-refractivity contribution in [2.45, 2.75) is 83.8 Å². The van der Waals surface area contributed by atoms with E-state index in [1.807, 2.05) is 6.92 Å². The number of aliphatic hydroxyl groups is 1. The number of amides is 2. The zero-order chi connectivity index (χ0) is 29.9. The molecule has 11 heteroatoms. The van der Waals surface area contributed by atoms with Crippen molar-refractivity contribution >= 4 is 28.8 Å². The highest BCUT2D eigenvalue weighted by Gasteiger charge is 2.43. The van der Waals surface area contributed by atoms with Gasteiger partial charge in [0.25, 0.3) is 0 Å². The largest absolute Gasteiger partial charge is 0.411 e. The summed E-state index contributed by atoms with van der Waals surface area (Å²) in [7, 11) is 0. The van der Waals surface area contributed by atoms with E-state index < -0.39 is 12.2 Å². The molecule has 2 unspecified atom stereocenters. The van der Waals surface area contributed by atoms with Crippen molar-refractivity contribution in [3.63, 3.8) is 0 Å². The summed E-state index contributed by atoms with van der Waals surface area (Å²) >= 11 is 0. The molecular formula is C31H45FN5O5+. The molecule has 0 bridgehead atoms. The lowest BCUT2D eigenvalue weighted by Gasteiger charge is -2.44. The Balaban J connectivity index is 1.26. The number of quaternary nitrogens is 1. The highest BCUT2D eigenvalue weighted by Crippen LogP contribution is 2.36. The number of likely N-dealkylation sites (tertiary alicyclic amines) is 1. The van der Waals surface area contributed by atoms with Gasteiger partial charge < -0.3 is 19.7 Å². The molecule has 2 aromatic rings. The Morgan fingerprint density at radius 3 is 2.83 bits per heavy atom. The first kappa shape index (κ1) is 30.4. The molecule has 10 nitrogen and oxygen atoms in total. The third kappa shape index (κ3) is 6.78. The first-order valence-corrected chi connectivity index (χ1v) is 15.5. The molecule has 3 aliphatic rings. The number of benzene rings is 1. The summed E-state index contributed by atoms with van der Waals surface area (Å²) in [5.74, 6) is 0.626. The normalized spacial score (nSPS) is 28.1. The molecule has 0 saturated carbocycles. The topological polar surface area (TPSA) is 117 Å². The summed E-state index contributed by atoms with van der Waals surface area (Å²) in [6.07, 6.45) is 4.45. The van der Waals surface area contributed by atoms with Crippen molar-refractivity contribution < 1.29 is 32.8 Å². The monoisotopic (exact) mass is 586 g/mol. The van der Waals surface area contributed by atoms with Crippen molar-refractivity contribution in [1.29, 1.82) is 0 Å². The number of aliphatic imine (C=N–C) groups is 1. The van der Waals surface area contributed by atoms with Crippen LogP contribution >= 0.6 is 0 Å². The SMILES string of the molecule is CC(C)CCCNC(=O)OC[N+]1(CC[C@@H]2C(=O)N3CCCC(O)C3=NC2C)CCC(c2noc3cc(F)ccc23)CC1. The minimum atomic E-state index is -0.681. The minimum absolute atomic E-state index is 0.0319. The van der Waals surface area contributed by atoms with Crippen LogP contribution < -0.4 is 5.32 Å². The van der Waals surface area contributed by atoms with Crippen LogP contribution in [0.15, 0.2) is 27.7 Å². The van der Waals surface area contributed by atoms with Gasteiger partial charge in [0.15, 0.2) is 5.58 Å². The number of amidine groups is 1. The van der Waals surface area contributed by atoms with Gasteiger partial charge in [0, 0.05) is 49.7 Å². The number of hydrogen-bond acceptors (Lipinski definition) is 7. The molecule has 2 N–H and O–H groups in total. The maximum absolute atomic E-state index is 13.7. The molecule has 0 spiro atoms. The maximum Gasteiger partial charge on any atom is 0.411 e. The average Bonchev–Trinajstić information content (AvgIpc) is 3.38.